The van der Waals surface area contributed by atoms with Gasteiger partial charge in [0.15, 0.2) is 0 Å². The number of carbonyl (C=O) groups excluding carboxylic acids is 2. The molecule has 2 N–H and O–H groups in total. The molecule has 188 valence electrons. The van der Waals surface area contributed by atoms with E-state index >= 15 is 0 Å². The number of piperidine rings is 2. The molecule has 3 heterocycles. The van der Waals surface area contributed by atoms with Crippen molar-refractivity contribution in [3.05, 3.63) is 34.9 Å². The van der Waals surface area contributed by atoms with Gasteiger partial charge in [-0.3, -0.25) is 14.5 Å². The lowest BCUT2D eigenvalue weighted by molar-refractivity contribution is -0.140. The Bertz CT molecular complexity index is 884. The molecule has 9 heteroatoms. The maximum absolute atomic E-state index is 12.9. The zero-order valence-electron chi connectivity index (χ0n) is 20.6. The van der Waals surface area contributed by atoms with Crippen molar-refractivity contribution < 1.29 is 24.6 Å². The second kappa shape index (κ2) is 11.2. The Morgan fingerprint density at radius 1 is 1.18 bits per heavy atom. The Morgan fingerprint density at radius 2 is 1.85 bits per heavy atom. The Balaban J connectivity index is 0.00000103. The van der Waals surface area contributed by atoms with Crippen molar-refractivity contribution in [3.63, 3.8) is 0 Å². The van der Waals surface area contributed by atoms with E-state index < -0.39 is 6.10 Å². The van der Waals surface area contributed by atoms with Gasteiger partial charge in [-0.25, -0.2) is 4.79 Å². The van der Waals surface area contributed by atoms with Crippen LogP contribution >= 0.6 is 0 Å². The van der Waals surface area contributed by atoms with Gasteiger partial charge < -0.3 is 24.9 Å². The minimum Gasteiger partial charge on any atom is -0.483 e. The minimum absolute atomic E-state index is 0.0159. The van der Waals surface area contributed by atoms with Crippen molar-refractivity contribution >= 4 is 18.4 Å². The van der Waals surface area contributed by atoms with Crippen LogP contribution in [0.4, 0.5) is 4.79 Å². The highest BCUT2D eigenvalue weighted by Crippen LogP contribution is 2.40. The van der Waals surface area contributed by atoms with E-state index in [1.54, 1.807) is 21.7 Å². The van der Waals surface area contributed by atoms with Gasteiger partial charge >= 0.3 is 6.03 Å². The smallest absolute Gasteiger partial charge is 0.320 e. The maximum Gasteiger partial charge on any atom is 0.320 e. The third-order valence-electron chi connectivity index (χ3n) is 7.42. The fourth-order valence-electron chi connectivity index (χ4n) is 5.47. The molecule has 1 spiro atoms. The van der Waals surface area contributed by atoms with Crippen LogP contribution in [0.5, 0.6) is 0 Å². The van der Waals surface area contributed by atoms with E-state index in [9.17, 15) is 14.7 Å². The average molecular weight is 475 g/mol. The summed E-state index contributed by atoms with van der Waals surface area (Å²) in [5.74, 6) is -0.0421. The number of aliphatic hydroxyl groups excluding tert-OH is 1. The molecule has 0 bridgehead atoms. The molecule has 9 nitrogen and oxygen atoms in total. The lowest BCUT2D eigenvalue weighted by Crippen LogP contribution is -2.56. The lowest BCUT2D eigenvalue weighted by atomic mass is 9.71. The van der Waals surface area contributed by atoms with E-state index in [0.29, 0.717) is 26.2 Å². The van der Waals surface area contributed by atoms with Crippen LogP contribution in [-0.2, 0) is 16.1 Å². The fourth-order valence-corrected chi connectivity index (χ4v) is 5.47. The molecule has 1 atom stereocenters. The second-order valence-electron chi connectivity index (χ2n) is 10.1. The second-order valence-corrected chi connectivity index (χ2v) is 10.1. The van der Waals surface area contributed by atoms with Crippen molar-refractivity contribution in [1.82, 2.24) is 19.6 Å². The molecule has 3 saturated heterocycles. The van der Waals surface area contributed by atoms with E-state index in [1.165, 1.54) is 16.7 Å². The number of aliphatic hydroxyl groups is 1. The predicted molar refractivity (Wildman–Crippen MR) is 128 cm³/mol. The van der Waals surface area contributed by atoms with Crippen LogP contribution in [0.3, 0.4) is 0 Å². The molecule has 0 radical (unpaired) electrons. The predicted octanol–water partition coefficient (Wildman–Crippen LogP) is 1.55. The molecule has 1 aromatic rings. The number of nitrogens with zero attached hydrogens (tertiary/aromatic N) is 4. The summed E-state index contributed by atoms with van der Waals surface area (Å²) >= 11 is 0. The van der Waals surface area contributed by atoms with Gasteiger partial charge in [-0.05, 0) is 62.7 Å². The van der Waals surface area contributed by atoms with Crippen molar-refractivity contribution in [2.24, 2.45) is 5.41 Å². The zero-order valence-corrected chi connectivity index (χ0v) is 20.6. The summed E-state index contributed by atoms with van der Waals surface area (Å²) in [4.78, 5) is 41.0. The monoisotopic (exact) mass is 474 g/mol. The summed E-state index contributed by atoms with van der Waals surface area (Å²) in [5.41, 5.74) is 3.99. The average Bonchev–Trinajstić information content (AvgIpc) is 3.09. The summed E-state index contributed by atoms with van der Waals surface area (Å²) in [7, 11) is 1.76. The van der Waals surface area contributed by atoms with Gasteiger partial charge in [-0.1, -0.05) is 23.8 Å². The van der Waals surface area contributed by atoms with Gasteiger partial charge in [0.2, 0.25) is 5.91 Å². The molecule has 0 aromatic heterocycles. The van der Waals surface area contributed by atoms with Crippen LogP contribution in [0.1, 0.15) is 36.0 Å². The van der Waals surface area contributed by atoms with Crippen LogP contribution in [0, 0.1) is 19.3 Å². The van der Waals surface area contributed by atoms with E-state index in [1.807, 2.05) is 0 Å². The number of carbonyl (C=O) groups is 3. The summed E-state index contributed by atoms with van der Waals surface area (Å²) < 4.78 is 0. The Hall–Kier alpha value is -2.65. The molecule has 0 aliphatic carbocycles. The van der Waals surface area contributed by atoms with Crippen LogP contribution in [0.2, 0.25) is 0 Å². The number of carboxylic acid groups (broad SMARTS) is 1. The first-order valence-corrected chi connectivity index (χ1v) is 12.0. The molecule has 3 amide bonds. The van der Waals surface area contributed by atoms with Gasteiger partial charge in [0.05, 0.1) is 6.10 Å². The van der Waals surface area contributed by atoms with Crippen LogP contribution in [0.15, 0.2) is 18.2 Å². The molecule has 34 heavy (non-hydrogen) atoms. The number of hydrogen-bond acceptors (Lipinski definition) is 5. The molecule has 3 aliphatic rings. The Morgan fingerprint density at radius 3 is 2.44 bits per heavy atom. The van der Waals surface area contributed by atoms with Crippen molar-refractivity contribution in [3.8, 4) is 0 Å². The topological polar surface area (TPSA) is 105 Å². The molecule has 1 aromatic carbocycles. The number of rotatable bonds is 4. The highest BCUT2D eigenvalue weighted by molar-refractivity contribution is 5.85. The number of benzene rings is 1. The first-order chi connectivity index (χ1) is 16.2. The van der Waals surface area contributed by atoms with Gasteiger partial charge in [0.1, 0.15) is 6.54 Å². The summed E-state index contributed by atoms with van der Waals surface area (Å²) in [6, 6.07) is 6.57. The standard InChI is InChI=1S/C24H36N4O3.CH2O2/c1-18-4-5-20(19(2)12-18)14-26-8-6-24(7-9-26)13-21(29)15-28(17-24)22(30)16-27-11-10-25(3)23(27)31;2-1-3/h4-5,12,21,29H,6-11,13-17H2,1-3H3;1H,(H,2,3). The van der Waals surface area contributed by atoms with E-state index in [4.69, 9.17) is 9.90 Å². The number of likely N-dealkylation sites (tertiary alicyclic amines) is 2. The molecule has 0 saturated carbocycles. The number of urea groups is 1. The van der Waals surface area contributed by atoms with Crippen molar-refractivity contribution in [1.29, 1.82) is 0 Å². The van der Waals surface area contributed by atoms with Gasteiger partial charge in [-0.15, -0.1) is 0 Å². The third-order valence-corrected chi connectivity index (χ3v) is 7.42. The first kappa shape index (κ1) is 26.0. The highest BCUT2D eigenvalue weighted by Gasteiger charge is 2.43. The first-order valence-electron chi connectivity index (χ1n) is 12.0. The maximum atomic E-state index is 12.9. The van der Waals surface area contributed by atoms with Crippen LogP contribution < -0.4 is 0 Å². The van der Waals surface area contributed by atoms with Crippen LogP contribution in [0.25, 0.3) is 0 Å². The van der Waals surface area contributed by atoms with E-state index in [2.05, 4.69) is 36.9 Å². The Kier molecular flexibility index (Phi) is 8.54. The number of likely N-dealkylation sites (N-methyl/N-ethyl adjacent to an activating group) is 1. The van der Waals surface area contributed by atoms with E-state index in [0.717, 1.165) is 38.9 Å². The quantitative estimate of drug-likeness (QED) is 0.642. The molecular weight excluding hydrogens is 436 g/mol. The molecule has 4 rings (SSSR count). The van der Waals surface area contributed by atoms with Gasteiger partial charge in [-0.2, -0.15) is 0 Å². The molecule has 3 fully saturated rings. The third kappa shape index (κ3) is 6.27. The summed E-state index contributed by atoms with van der Waals surface area (Å²) in [6.45, 7) is 9.42. The molecule has 1 unspecified atom stereocenters. The molecular formula is C25H38N4O5. The number of aryl methyl sites for hydroxylation is 2. The number of β-amino-alcohol motifs (C(OH)–C–C–N with tert-alkyl or cyclic N) is 1. The zero-order chi connectivity index (χ0) is 24.9. The normalized spacial score (nSPS) is 22.5. The van der Waals surface area contributed by atoms with Crippen molar-refractivity contribution in [2.75, 3.05) is 52.9 Å². The van der Waals surface area contributed by atoms with Crippen LogP contribution in [-0.4, -0.2) is 107 Å². The molecule has 3 aliphatic heterocycles. The highest BCUT2D eigenvalue weighted by atomic mass is 16.3. The fraction of sp³-hybridized carbons (Fsp3) is 0.640. The summed E-state index contributed by atoms with van der Waals surface area (Å²) in [6.07, 6.45) is 2.26. The van der Waals surface area contributed by atoms with Gasteiger partial charge in [0.25, 0.3) is 6.47 Å². The van der Waals surface area contributed by atoms with E-state index in [-0.39, 0.29) is 30.4 Å². The lowest BCUT2D eigenvalue weighted by Gasteiger charge is -2.49. The SMILES string of the molecule is Cc1ccc(CN2CCC3(CC2)CC(O)CN(C(=O)CN2CCN(C)C2=O)C3)c(C)c1.O=CO. The van der Waals surface area contributed by atoms with Crippen molar-refractivity contribution in [2.45, 2.75) is 45.8 Å². The number of hydrogen-bond donors (Lipinski definition) is 2. The summed E-state index contributed by atoms with van der Waals surface area (Å²) in [5, 5.41) is 17.5. The Labute approximate surface area is 201 Å². The van der Waals surface area contributed by atoms with Gasteiger partial charge in [0, 0.05) is 39.8 Å². The number of amides is 3. The largest absolute Gasteiger partial charge is 0.483 e. The minimum atomic E-state index is -0.486.